The summed E-state index contributed by atoms with van der Waals surface area (Å²) < 4.78 is 91.7. The minimum absolute atomic E-state index is 0.0631. The number of nitrogens with one attached hydrogen (secondary N) is 1. The van der Waals surface area contributed by atoms with Crippen molar-refractivity contribution in [3.05, 3.63) is 23.9 Å². The van der Waals surface area contributed by atoms with Gasteiger partial charge in [-0.2, -0.15) is 26.3 Å². The number of likely N-dealkylation sites (tertiary alicyclic amines) is 1. The summed E-state index contributed by atoms with van der Waals surface area (Å²) in [5.41, 5.74) is -2.37. The third-order valence-electron chi connectivity index (χ3n) is 8.53. The lowest BCUT2D eigenvalue weighted by molar-refractivity contribution is -0.174. The molecule has 3 saturated heterocycles. The van der Waals surface area contributed by atoms with Gasteiger partial charge in [0.15, 0.2) is 0 Å². The second-order valence-corrected chi connectivity index (χ2v) is 11.0. The molecule has 0 radical (unpaired) electrons. The molecule has 4 heterocycles. The zero-order chi connectivity index (χ0) is 27.3. The molecule has 13 heteroatoms. The Bertz CT molecular complexity index is 1020. The second-order valence-electron chi connectivity index (χ2n) is 11.0. The van der Waals surface area contributed by atoms with Gasteiger partial charge in [-0.25, -0.2) is 4.98 Å². The Kier molecular flexibility index (Phi) is 7.31. The standard InChI is InChI=1S/C25H32F6N4O3/c1-37-20-13-38-7-4-19(20)33-16-2-5-23(10-16,14-24(26,27)28)22(36)35-12-17-9-18(35)11-34(17)21-8-15(3-6-32-21)25(29,30)31/h3,6,8,16-20,33H,2,4-5,7,9-14H2,1H3/t16-,17-,18+,19+,20-,23+/m1/s1. The number of carbonyl (C=O) groups is 1. The highest BCUT2D eigenvalue weighted by molar-refractivity contribution is 5.84. The van der Waals surface area contributed by atoms with Crippen LogP contribution in [0.25, 0.3) is 0 Å². The molecule has 5 rings (SSSR count). The summed E-state index contributed by atoms with van der Waals surface area (Å²) in [6.45, 7) is 1.35. The molecule has 1 aromatic heterocycles. The predicted octanol–water partition coefficient (Wildman–Crippen LogP) is 3.77. The van der Waals surface area contributed by atoms with E-state index in [9.17, 15) is 31.1 Å². The van der Waals surface area contributed by atoms with Crippen LogP contribution in [-0.2, 0) is 20.4 Å². The number of ether oxygens (including phenoxy) is 2. The normalized spacial score (nSPS) is 33.8. The van der Waals surface area contributed by atoms with Crippen molar-refractivity contribution in [2.75, 3.05) is 38.3 Å². The van der Waals surface area contributed by atoms with Crippen molar-refractivity contribution in [2.24, 2.45) is 5.41 Å². The van der Waals surface area contributed by atoms with Crippen molar-refractivity contribution < 1.29 is 40.6 Å². The molecule has 0 aromatic carbocycles. The molecular formula is C25H32F6N4O3. The van der Waals surface area contributed by atoms with Crippen LogP contribution in [0.15, 0.2) is 18.3 Å². The second kappa shape index (κ2) is 10.1. The van der Waals surface area contributed by atoms with Gasteiger partial charge in [0.05, 0.1) is 42.2 Å². The molecule has 6 atom stereocenters. The van der Waals surface area contributed by atoms with Crippen molar-refractivity contribution in [2.45, 2.75) is 81.1 Å². The van der Waals surface area contributed by atoms with Crippen LogP contribution >= 0.6 is 0 Å². The van der Waals surface area contributed by atoms with Crippen LogP contribution in [0, 0.1) is 5.41 Å². The SMILES string of the molecule is CO[C@@H]1COCC[C@@H]1N[C@@H]1CC[C@](CC(F)(F)F)(C(=O)N2C[C@H]3C[C@H]2CN3c2cc(C(F)(F)F)ccn2)C1. The maximum Gasteiger partial charge on any atom is 0.416 e. The van der Waals surface area contributed by atoms with E-state index in [4.69, 9.17) is 9.47 Å². The van der Waals surface area contributed by atoms with E-state index in [1.807, 2.05) is 0 Å². The van der Waals surface area contributed by atoms with Gasteiger partial charge < -0.3 is 24.6 Å². The van der Waals surface area contributed by atoms with Crippen molar-refractivity contribution in [1.82, 2.24) is 15.2 Å². The minimum Gasteiger partial charge on any atom is -0.379 e. The number of piperazine rings is 1. The summed E-state index contributed by atoms with van der Waals surface area (Å²) >= 11 is 0. The summed E-state index contributed by atoms with van der Waals surface area (Å²) in [7, 11) is 1.57. The first-order chi connectivity index (χ1) is 17.9. The van der Waals surface area contributed by atoms with Gasteiger partial charge in [0.1, 0.15) is 5.82 Å². The largest absolute Gasteiger partial charge is 0.416 e. The van der Waals surface area contributed by atoms with E-state index < -0.39 is 35.7 Å². The Labute approximate surface area is 216 Å². The van der Waals surface area contributed by atoms with Crippen molar-refractivity contribution >= 4 is 11.7 Å². The van der Waals surface area contributed by atoms with Gasteiger partial charge in [0, 0.05) is 45.1 Å². The quantitative estimate of drug-likeness (QED) is 0.545. The Hall–Kier alpha value is -2.12. The van der Waals surface area contributed by atoms with Gasteiger partial charge in [0.25, 0.3) is 0 Å². The fraction of sp³-hybridized carbons (Fsp3) is 0.760. The number of anilines is 1. The van der Waals surface area contributed by atoms with Gasteiger partial charge in [-0.3, -0.25) is 4.79 Å². The van der Waals surface area contributed by atoms with Gasteiger partial charge >= 0.3 is 12.4 Å². The number of fused-ring (bicyclic) bond motifs is 2. The van der Waals surface area contributed by atoms with Crippen LogP contribution in [-0.4, -0.2) is 85.7 Å². The molecule has 0 unspecified atom stereocenters. The first-order valence-corrected chi connectivity index (χ1v) is 12.9. The molecule has 1 aliphatic carbocycles. The van der Waals surface area contributed by atoms with Gasteiger partial charge in [-0.1, -0.05) is 0 Å². The number of methoxy groups -OCH3 is 1. The van der Waals surface area contributed by atoms with Crippen LogP contribution in [0.4, 0.5) is 32.2 Å². The fourth-order valence-corrected chi connectivity index (χ4v) is 6.77. The van der Waals surface area contributed by atoms with Crippen molar-refractivity contribution in [3.63, 3.8) is 0 Å². The minimum atomic E-state index is -4.51. The zero-order valence-electron chi connectivity index (χ0n) is 21.0. The molecule has 0 spiro atoms. The number of rotatable bonds is 6. The lowest BCUT2D eigenvalue weighted by atomic mass is 9.80. The average molecular weight is 551 g/mol. The van der Waals surface area contributed by atoms with Gasteiger partial charge in [-0.15, -0.1) is 0 Å². The first-order valence-electron chi connectivity index (χ1n) is 12.9. The molecule has 1 N–H and O–H groups in total. The van der Waals surface area contributed by atoms with Crippen molar-refractivity contribution in [1.29, 1.82) is 0 Å². The lowest BCUT2D eigenvalue weighted by Gasteiger charge is -2.40. The number of carbonyl (C=O) groups excluding carboxylic acids is 1. The highest BCUT2D eigenvalue weighted by atomic mass is 19.4. The third-order valence-corrected chi connectivity index (χ3v) is 8.53. The Balaban J connectivity index is 1.29. The lowest BCUT2D eigenvalue weighted by Crippen LogP contribution is -2.54. The number of nitrogens with zero attached hydrogens (tertiary/aromatic N) is 3. The predicted molar refractivity (Wildman–Crippen MR) is 124 cm³/mol. The summed E-state index contributed by atoms with van der Waals surface area (Å²) in [6.07, 6.45) is -7.51. The van der Waals surface area contributed by atoms with E-state index in [0.717, 1.165) is 18.3 Å². The number of pyridine rings is 1. The molecule has 4 fully saturated rings. The maximum atomic E-state index is 13.8. The highest BCUT2D eigenvalue weighted by Gasteiger charge is 2.57. The Morgan fingerprint density at radius 3 is 2.66 bits per heavy atom. The topological polar surface area (TPSA) is 66.9 Å². The molecular weight excluding hydrogens is 518 g/mol. The highest BCUT2D eigenvalue weighted by Crippen LogP contribution is 2.49. The molecule has 38 heavy (non-hydrogen) atoms. The first kappa shape index (κ1) is 27.4. The van der Waals surface area contributed by atoms with E-state index in [-0.39, 0.29) is 62.0 Å². The number of alkyl halides is 6. The smallest absolute Gasteiger partial charge is 0.379 e. The Morgan fingerprint density at radius 2 is 2.00 bits per heavy atom. The summed E-state index contributed by atoms with van der Waals surface area (Å²) in [5.74, 6) is -0.336. The van der Waals surface area contributed by atoms with Crippen LogP contribution in [0.5, 0.6) is 0 Å². The number of hydrogen-bond acceptors (Lipinski definition) is 6. The monoisotopic (exact) mass is 550 g/mol. The van der Waals surface area contributed by atoms with E-state index in [1.165, 1.54) is 4.90 Å². The van der Waals surface area contributed by atoms with Crippen LogP contribution in [0.2, 0.25) is 0 Å². The summed E-state index contributed by atoms with van der Waals surface area (Å²) in [6, 6.07) is 0.903. The van der Waals surface area contributed by atoms with Gasteiger partial charge in [-0.05, 0) is 44.2 Å². The number of halogens is 6. The average Bonchev–Trinajstić information content (AvgIpc) is 3.58. The van der Waals surface area contributed by atoms with Gasteiger partial charge in [0.2, 0.25) is 5.91 Å². The van der Waals surface area contributed by atoms with E-state index in [1.54, 1.807) is 12.0 Å². The van der Waals surface area contributed by atoms with E-state index >= 15 is 0 Å². The fourth-order valence-electron chi connectivity index (χ4n) is 6.77. The molecule has 3 aliphatic heterocycles. The maximum absolute atomic E-state index is 13.8. The molecule has 212 valence electrons. The van der Waals surface area contributed by atoms with E-state index in [2.05, 4.69) is 10.3 Å². The molecule has 4 aliphatic rings. The zero-order valence-corrected chi connectivity index (χ0v) is 21.0. The van der Waals surface area contributed by atoms with E-state index in [0.29, 0.717) is 32.5 Å². The van der Waals surface area contributed by atoms with Crippen molar-refractivity contribution in [3.8, 4) is 0 Å². The molecule has 7 nitrogen and oxygen atoms in total. The van der Waals surface area contributed by atoms with Crippen LogP contribution in [0.3, 0.4) is 0 Å². The molecule has 1 amide bonds. The third kappa shape index (κ3) is 5.46. The number of amides is 1. The summed E-state index contributed by atoms with van der Waals surface area (Å²) in [4.78, 5) is 21.2. The Morgan fingerprint density at radius 1 is 1.21 bits per heavy atom. The molecule has 1 aromatic rings. The van der Waals surface area contributed by atoms with Crippen LogP contribution < -0.4 is 10.2 Å². The number of hydrogen-bond donors (Lipinski definition) is 1. The number of aromatic nitrogens is 1. The summed E-state index contributed by atoms with van der Waals surface area (Å²) in [5, 5.41) is 3.43. The van der Waals surface area contributed by atoms with Crippen LogP contribution in [0.1, 0.15) is 44.1 Å². The molecule has 1 saturated carbocycles. The molecule has 2 bridgehead atoms.